The van der Waals surface area contributed by atoms with Crippen LogP contribution in [-0.2, 0) is 23.2 Å². The molecule has 4 aromatic rings. The van der Waals surface area contributed by atoms with Crippen molar-refractivity contribution in [2.45, 2.75) is 57.7 Å². The highest BCUT2D eigenvalue weighted by atomic mass is 32.2. The number of aromatic nitrogens is 4. The van der Waals surface area contributed by atoms with E-state index in [1.807, 2.05) is 35.8 Å². The number of nitrogens with zero attached hydrogens (tertiary/aromatic N) is 5. The minimum absolute atomic E-state index is 0.195. The number of nitrogens with one attached hydrogen (secondary N) is 3. The van der Waals surface area contributed by atoms with Crippen LogP contribution in [0.4, 0.5) is 28.8 Å². The molecule has 3 heterocycles. The first-order chi connectivity index (χ1) is 19.4. The summed E-state index contributed by atoms with van der Waals surface area (Å²) in [5.41, 5.74) is 4.12. The maximum Gasteiger partial charge on any atom is 0.327 e. The number of imidazole rings is 1. The molecule has 2 aliphatic rings. The van der Waals surface area contributed by atoms with Crippen LogP contribution >= 0.6 is 0 Å². The van der Waals surface area contributed by atoms with Crippen molar-refractivity contribution in [2.75, 3.05) is 19.7 Å². The van der Waals surface area contributed by atoms with E-state index in [1.54, 1.807) is 42.9 Å². The van der Waals surface area contributed by atoms with Gasteiger partial charge in [-0.15, -0.1) is 0 Å². The van der Waals surface area contributed by atoms with Gasteiger partial charge in [0.1, 0.15) is 0 Å². The molecule has 0 amide bonds. The van der Waals surface area contributed by atoms with Crippen LogP contribution in [0.3, 0.4) is 0 Å². The third-order valence-electron chi connectivity index (χ3n) is 7.30. The molecule has 1 aliphatic carbocycles. The van der Waals surface area contributed by atoms with Gasteiger partial charge in [0.05, 0.1) is 23.8 Å². The van der Waals surface area contributed by atoms with Crippen LogP contribution in [-0.4, -0.2) is 45.2 Å². The van der Waals surface area contributed by atoms with Crippen LogP contribution < -0.4 is 19.7 Å². The molecule has 2 aromatic carbocycles. The van der Waals surface area contributed by atoms with Crippen molar-refractivity contribution in [3.05, 3.63) is 72.7 Å². The van der Waals surface area contributed by atoms with E-state index in [-0.39, 0.29) is 12.1 Å². The van der Waals surface area contributed by atoms with Crippen LogP contribution in [0.1, 0.15) is 38.2 Å². The predicted molar refractivity (Wildman–Crippen MR) is 157 cm³/mol. The summed E-state index contributed by atoms with van der Waals surface area (Å²) in [6.07, 6.45) is 8.84. The van der Waals surface area contributed by atoms with Crippen molar-refractivity contribution < 1.29 is 13.5 Å². The number of rotatable bonds is 8. The number of hydrogen-bond acceptors (Lipinski definition) is 8. The Bertz CT molecular complexity index is 1640. The van der Waals surface area contributed by atoms with E-state index in [2.05, 4.69) is 20.3 Å². The number of anilines is 5. The van der Waals surface area contributed by atoms with Crippen molar-refractivity contribution in [2.24, 2.45) is 0 Å². The summed E-state index contributed by atoms with van der Waals surface area (Å²) in [5.74, 6) is 1.06. The van der Waals surface area contributed by atoms with Gasteiger partial charge in [0.15, 0.2) is 17.0 Å². The second kappa shape index (κ2) is 10.8. The van der Waals surface area contributed by atoms with E-state index < -0.39 is 10.2 Å². The van der Waals surface area contributed by atoms with E-state index in [0.717, 1.165) is 42.6 Å². The molecular weight excluding hydrogens is 528 g/mol. The smallest absolute Gasteiger partial charge is 0.327 e. The zero-order valence-corrected chi connectivity index (χ0v) is 23.0. The number of aliphatic hydroxyl groups excluding tert-OH is 1. The molecule has 12 heteroatoms. The Morgan fingerprint density at radius 2 is 1.75 bits per heavy atom. The van der Waals surface area contributed by atoms with Crippen LogP contribution in [0.15, 0.2) is 67.1 Å². The molecule has 0 radical (unpaired) electrons. The van der Waals surface area contributed by atoms with E-state index in [0.29, 0.717) is 41.6 Å². The minimum Gasteiger partial charge on any atom is -0.393 e. The monoisotopic (exact) mass is 560 g/mol. The molecule has 0 bridgehead atoms. The van der Waals surface area contributed by atoms with Gasteiger partial charge in [0, 0.05) is 24.5 Å². The Morgan fingerprint density at radius 1 is 1.00 bits per heavy atom. The fraction of sp³-hybridized carbons (Fsp3) is 0.321. The molecule has 0 unspecified atom stereocenters. The summed E-state index contributed by atoms with van der Waals surface area (Å²) >= 11 is 0. The first-order valence-electron chi connectivity index (χ1n) is 13.5. The molecule has 2 aromatic heterocycles. The standard InChI is InChI=1S/C28H32N8O3S/c1-2-35-18-29-25-26(32-28(33-27(25)35)31-21-13-15-23(37)16-14-21)30-20-9-11-22(12-10-20)34-40(38,39)36-17-5-7-19-6-3-4-8-24(19)36/h3-6,8-12,17-18,21,23,34,37H,2,7,13-16H2,1H3,(H2,30,31,32,33). The number of para-hydroxylation sites is 1. The number of benzene rings is 2. The number of aryl methyl sites for hydroxylation is 1. The summed E-state index contributed by atoms with van der Waals surface area (Å²) in [6.45, 7) is 2.75. The van der Waals surface area contributed by atoms with Gasteiger partial charge < -0.3 is 20.3 Å². The predicted octanol–water partition coefficient (Wildman–Crippen LogP) is 4.54. The van der Waals surface area contributed by atoms with Crippen molar-refractivity contribution in [1.29, 1.82) is 0 Å². The van der Waals surface area contributed by atoms with Gasteiger partial charge in [-0.3, -0.25) is 4.72 Å². The third-order valence-corrected chi connectivity index (χ3v) is 8.63. The topological polar surface area (TPSA) is 137 Å². The van der Waals surface area contributed by atoms with Crippen molar-refractivity contribution in [3.63, 3.8) is 0 Å². The van der Waals surface area contributed by atoms with Gasteiger partial charge in [-0.25, -0.2) is 9.29 Å². The van der Waals surface area contributed by atoms with Gasteiger partial charge in [0.25, 0.3) is 0 Å². The van der Waals surface area contributed by atoms with E-state index in [9.17, 15) is 13.5 Å². The molecule has 0 spiro atoms. The van der Waals surface area contributed by atoms with Crippen molar-refractivity contribution in [3.8, 4) is 0 Å². The Hall–Kier alpha value is -4.16. The Balaban J connectivity index is 1.21. The van der Waals surface area contributed by atoms with Crippen LogP contribution in [0, 0.1) is 0 Å². The highest BCUT2D eigenvalue weighted by Crippen LogP contribution is 2.30. The first kappa shape index (κ1) is 26.1. The lowest BCUT2D eigenvalue weighted by Crippen LogP contribution is -2.33. The Labute approximate surface area is 233 Å². The maximum atomic E-state index is 13.2. The summed E-state index contributed by atoms with van der Waals surface area (Å²) in [5, 5.41) is 16.6. The second-order valence-corrected chi connectivity index (χ2v) is 11.6. The molecule has 0 saturated heterocycles. The van der Waals surface area contributed by atoms with Gasteiger partial charge in [0.2, 0.25) is 5.95 Å². The summed E-state index contributed by atoms with van der Waals surface area (Å²) in [4.78, 5) is 14.0. The average molecular weight is 561 g/mol. The van der Waals surface area contributed by atoms with Crippen LogP contribution in [0.2, 0.25) is 0 Å². The summed E-state index contributed by atoms with van der Waals surface area (Å²) < 4.78 is 32.3. The van der Waals surface area contributed by atoms with E-state index >= 15 is 0 Å². The zero-order chi connectivity index (χ0) is 27.7. The molecular formula is C28H32N8O3S. The van der Waals surface area contributed by atoms with Crippen LogP contribution in [0.25, 0.3) is 11.2 Å². The summed E-state index contributed by atoms with van der Waals surface area (Å²) in [7, 11) is -3.85. The number of fused-ring (bicyclic) bond motifs is 2. The van der Waals surface area contributed by atoms with Crippen molar-refractivity contribution >= 4 is 50.2 Å². The fourth-order valence-electron chi connectivity index (χ4n) is 5.15. The fourth-order valence-corrected chi connectivity index (χ4v) is 6.37. The summed E-state index contributed by atoms with van der Waals surface area (Å²) in [6, 6.07) is 14.6. The van der Waals surface area contributed by atoms with E-state index in [1.165, 1.54) is 4.31 Å². The van der Waals surface area contributed by atoms with Crippen LogP contribution in [0.5, 0.6) is 0 Å². The number of aliphatic hydroxyl groups is 1. The van der Waals surface area contributed by atoms with Gasteiger partial charge in [-0.1, -0.05) is 24.3 Å². The Morgan fingerprint density at radius 3 is 2.52 bits per heavy atom. The third kappa shape index (κ3) is 5.32. The van der Waals surface area contributed by atoms with Gasteiger partial charge >= 0.3 is 10.2 Å². The van der Waals surface area contributed by atoms with Crippen molar-refractivity contribution in [1.82, 2.24) is 19.5 Å². The molecule has 1 aliphatic heterocycles. The number of allylic oxidation sites excluding steroid dienone is 1. The SMILES string of the molecule is CCn1cnc2c(Nc3ccc(NS(=O)(=O)N4C=CCc5ccccc54)cc3)nc(NC3CCC(O)CC3)nc21. The lowest BCUT2D eigenvalue weighted by atomic mass is 9.93. The molecule has 208 valence electrons. The zero-order valence-electron chi connectivity index (χ0n) is 22.2. The number of hydrogen-bond donors (Lipinski definition) is 4. The normalized spacial score (nSPS) is 18.9. The molecule has 11 nitrogen and oxygen atoms in total. The highest BCUT2D eigenvalue weighted by molar-refractivity contribution is 7.94. The lowest BCUT2D eigenvalue weighted by Gasteiger charge is -2.26. The molecule has 1 fully saturated rings. The molecule has 1 saturated carbocycles. The maximum absolute atomic E-state index is 13.2. The molecule has 6 rings (SSSR count). The van der Waals surface area contributed by atoms with E-state index in [4.69, 9.17) is 9.97 Å². The van der Waals surface area contributed by atoms with Gasteiger partial charge in [-0.2, -0.15) is 18.4 Å². The molecule has 40 heavy (non-hydrogen) atoms. The quantitative estimate of drug-likeness (QED) is 0.247. The average Bonchev–Trinajstić information content (AvgIpc) is 3.38. The molecule has 0 atom stereocenters. The van der Waals surface area contributed by atoms with Gasteiger partial charge in [-0.05, 0) is 74.9 Å². The highest BCUT2D eigenvalue weighted by Gasteiger charge is 2.25. The minimum atomic E-state index is -3.85. The lowest BCUT2D eigenvalue weighted by molar-refractivity contribution is 0.126. The largest absolute Gasteiger partial charge is 0.393 e. The molecule has 4 N–H and O–H groups in total. The Kier molecular flexibility index (Phi) is 7.03. The first-order valence-corrected chi connectivity index (χ1v) is 14.9. The second-order valence-electron chi connectivity index (χ2n) is 10.1.